The first kappa shape index (κ1) is 29.2. The first-order valence-corrected chi connectivity index (χ1v) is 11.8. The van der Waals surface area contributed by atoms with Gasteiger partial charge >= 0.3 is 12.1 Å². The second-order valence-electron chi connectivity index (χ2n) is 9.63. The number of ether oxygens (including phenoxy) is 2. The molecular formula is C27H35N3O7. The van der Waals surface area contributed by atoms with E-state index in [1.807, 2.05) is 6.92 Å². The van der Waals surface area contributed by atoms with Gasteiger partial charge in [0.1, 0.15) is 30.0 Å². The van der Waals surface area contributed by atoms with Crippen LogP contribution in [0.5, 0.6) is 5.75 Å². The molecule has 2 rings (SSSR count). The number of likely N-dealkylation sites (N-methyl/N-ethyl adjacent to an activating group) is 1. The van der Waals surface area contributed by atoms with Crippen molar-refractivity contribution in [2.45, 2.75) is 51.8 Å². The Kier molecular flexibility index (Phi) is 10.0. The molecule has 10 heteroatoms. The van der Waals surface area contributed by atoms with Gasteiger partial charge in [0.2, 0.25) is 11.8 Å². The lowest BCUT2D eigenvalue weighted by Gasteiger charge is -2.31. The van der Waals surface area contributed by atoms with Gasteiger partial charge in [-0.3, -0.25) is 14.4 Å². The number of nitrogens with one attached hydrogen (secondary N) is 2. The summed E-state index contributed by atoms with van der Waals surface area (Å²) >= 11 is 0. The molecule has 0 saturated carbocycles. The molecule has 2 aromatic rings. The van der Waals surface area contributed by atoms with Gasteiger partial charge in [-0.2, -0.15) is 0 Å². The minimum Gasteiger partial charge on any atom is -0.508 e. The third kappa shape index (κ3) is 9.14. The van der Waals surface area contributed by atoms with Crippen molar-refractivity contribution in [3.63, 3.8) is 0 Å². The molecule has 0 bridgehead atoms. The number of carbonyl (C=O) groups is 4. The van der Waals surface area contributed by atoms with Crippen LogP contribution in [-0.2, 0) is 30.3 Å². The number of phenols is 1. The maximum Gasteiger partial charge on any atom is 0.408 e. The first-order chi connectivity index (χ1) is 17.3. The second kappa shape index (κ2) is 12.8. The Labute approximate surface area is 216 Å². The van der Waals surface area contributed by atoms with E-state index in [2.05, 4.69) is 15.4 Å². The van der Waals surface area contributed by atoms with Crippen molar-refractivity contribution in [1.29, 1.82) is 0 Å². The summed E-state index contributed by atoms with van der Waals surface area (Å²) in [7, 11) is 2.66. The monoisotopic (exact) mass is 513 g/mol. The molecule has 0 radical (unpaired) electrons. The number of hydrogen-bond donors (Lipinski definition) is 3. The maximum absolute atomic E-state index is 13.7. The zero-order chi connectivity index (χ0) is 27.8. The Bertz CT molecular complexity index is 1090. The van der Waals surface area contributed by atoms with Gasteiger partial charge in [-0.15, -0.1) is 0 Å². The van der Waals surface area contributed by atoms with Crippen molar-refractivity contribution >= 4 is 23.9 Å². The van der Waals surface area contributed by atoms with Gasteiger partial charge < -0.3 is 30.1 Å². The lowest BCUT2D eigenvalue weighted by molar-refractivity contribution is -0.143. The summed E-state index contributed by atoms with van der Waals surface area (Å²) in [6, 6.07) is 11.1. The van der Waals surface area contributed by atoms with Crippen LogP contribution in [0.15, 0.2) is 48.5 Å². The summed E-state index contributed by atoms with van der Waals surface area (Å²) in [5.41, 5.74) is 1.36. The fraction of sp³-hybridized carbons (Fsp3) is 0.407. The van der Waals surface area contributed by atoms with Crippen LogP contribution in [0.25, 0.3) is 0 Å². The SMILES string of the molecule is COC(=O)CNC(=O)C(c1ccc(C)cc1)N(C)C(=O)C(Cc1ccc(O)cc1)NC(=O)OC(C)(C)C. The first-order valence-electron chi connectivity index (χ1n) is 11.8. The number of rotatable bonds is 9. The van der Waals surface area contributed by atoms with E-state index in [0.29, 0.717) is 11.1 Å². The Balaban J connectivity index is 2.39. The van der Waals surface area contributed by atoms with Crippen LogP contribution in [0.1, 0.15) is 43.5 Å². The fourth-order valence-electron chi connectivity index (χ4n) is 3.52. The molecule has 0 aromatic heterocycles. The number of carbonyl (C=O) groups excluding carboxylic acids is 4. The molecule has 200 valence electrons. The van der Waals surface area contributed by atoms with Crippen LogP contribution in [0.2, 0.25) is 0 Å². The Hall–Kier alpha value is -4.08. The number of hydrogen-bond acceptors (Lipinski definition) is 7. The van der Waals surface area contributed by atoms with Crippen LogP contribution in [-0.4, -0.2) is 66.2 Å². The molecule has 0 heterocycles. The molecule has 3 amide bonds. The number of benzene rings is 2. The quantitative estimate of drug-likeness (QED) is 0.439. The van der Waals surface area contributed by atoms with Crippen LogP contribution in [0, 0.1) is 6.92 Å². The molecule has 0 aliphatic rings. The summed E-state index contributed by atoms with van der Waals surface area (Å²) in [4.78, 5) is 52.3. The van der Waals surface area contributed by atoms with Crippen molar-refractivity contribution in [2.24, 2.45) is 0 Å². The topological polar surface area (TPSA) is 134 Å². The molecular weight excluding hydrogens is 478 g/mol. The molecule has 2 atom stereocenters. The largest absolute Gasteiger partial charge is 0.508 e. The summed E-state index contributed by atoms with van der Waals surface area (Å²) in [6.45, 7) is 6.63. The van der Waals surface area contributed by atoms with Gasteiger partial charge in [0.05, 0.1) is 7.11 Å². The number of amides is 3. The van der Waals surface area contributed by atoms with Crippen molar-refractivity contribution in [1.82, 2.24) is 15.5 Å². The van der Waals surface area contributed by atoms with E-state index in [1.54, 1.807) is 57.2 Å². The molecule has 2 aromatic carbocycles. The highest BCUT2D eigenvalue weighted by atomic mass is 16.6. The summed E-state index contributed by atoms with van der Waals surface area (Å²) in [5, 5.41) is 14.7. The zero-order valence-corrected chi connectivity index (χ0v) is 22.0. The number of aryl methyl sites for hydroxylation is 1. The molecule has 3 N–H and O–H groups in total. The van der Waals surface area contributed by atoms with Gasteiger partial charge in [0.25, 0.3) is 0 Å². The molecule has 0 saturated heterocycles. The van der Waals surface area contributed by atoms with E-state index in [1.165, 1.54) is 31.2 Å². The Morgan fingerprint density at radius 1 is 1.00 bits per heavy atom. The highest BCUT2D eigenvalue weighted by Crippen LogP contribution is 2.23. The van der Waals surface area contributed by atoms with Gasteiger partial charge in [0, 0.05) is 13.5 Å². The Morgan fingerprint density at radius 3 is 2.14 bits per heavy atom. The summed E-state index contributed by atoms with van der Waals surface area (Å²) in [5.74, 6) is -1.73. The van der Waals surface area contributed by atoms with E-state index in [9.17, 15) is 24.3 Å². The highest BCUT2D eigenvalue weighted by Gasteiger charge is 2.34. The number of esters is 1. The van der Waals surface area contributed by atoms with E-state index in [-0.39, 0.29) is 18.7 Å². The predicted molar refractivity (Wildman–Crippen MR) is 137 cm³/mol. The maximum atomic E-state index is 13.7. The molecule has 0 spiro atoms. The standard InChI is InChI=1S/C27H35N3O7/c1-17-7-11-19(12-8-17)23(24(33)28-16-22(32)36-6)30(5)25(34)21(29-26(35)37-27(2,3)4)15-18-9-13-20(31)14-10-18/h7-14,21,23,31H,15-16H2,1-6H3,(H,28,33)(H,29,35). The van der Waals surface area contributed by atoms with E-state index >= 15 is 0 Å². The summed E-state index contributed by atoms with van der Waals surface area (Å²) in [6.07, 6.45) is -0.715. The molecule has 37 heavy (non-hydrogen) atoms. The van der Waals surface area contributed by atoms with Crippen molar-refractivity contribution in [3.05, 3.63) is 65.2 Å². The molecule has 10 nitrogen and oxygen atoms in total. The lowest BCUT2D eigenvalue weighted by Crippen LogP contribution is -2.52. The van der Waals surface area contributed by atoms with Gasteiger partial charge in [-0.1, -0.05) is 42.0 Å². The normalized spacial score (nSPS) is 12.6. The Morgan fingerprint density at radius 2 is 1.59 bits per heavy atom. The van der Waals surface area contributed by atoms with E-state index in [4.69, 9.17) is 4.74 Å². The second-order valence-corrected chi connectivity index (χ2v) is 9.63. The van der Waals surface area contributed by atoms with Crippen LogP contribution < -0.4 is 10.6 Å². The third-order valence-electron chi connectivity index (χ3n) is 5.38. The van der Waals surface area contributed by atoms with Crippen molar-refractivity contribution < 1.29 is 33.8 Å². The minimum absolute atomic E-state index is 0.0607. The fourth-order valence-corrected chi connectivity index (χ4v) is 3.52. The zero-order valence-electron chi connectivity index (χ0n) is 22.0. The van der Waals surface area contributed by atoms with Crippen molar-refractivity contribution in [3.8, 4) is 5.75 Å². The lowest BCUT2D eigenvalue weighted by atomic mass is 10.00. The van der Waals surface area contributed by atoms with Gasteiger partial charge in [0.15, 0.2) is 0 Å². The molecule has 0 aliphatic carbocycles. The number of aromatic hydroxyl groups is 1. The van der Waals surface area contributed by atoms with Gasteiger partial charge in [-0.25, -0.2) is 4.79 Å². The predicted octanol–water partition coefficient (Wildman–Crippen LogP) is 2.63. The molecule has 0 fully saturated rings. The smallest absolute Gasteiger partial charge is 0.408 e. The molecule has 0 aliphatic heterocycles. The van der Waals surface area contributed by atoms with Crippen molar-refractivity contribution in [2.75, 3.05) is 20.7 Å². The van der Waals surface area contributed by atoms with E-state index < -0.39 is 41.6 Å². The van der Waals surface area contributed by atoms with Crippen LogP contribution in [0.3, 0.4) is 0 Å². The minimum atomic E-state index is -1.10. The third-order valence-corrected chi connectivity index (χ3v) is 5.38. The number of methoxy groups -OCH3 is 1. The average molecular weight is 514 g/mol. The van der Waals surface area contributed by atoms with Crippen LogP contribution in [0.4, 0.5) is 4.79 Å². The average Bonchev–Trinajstić information content (AvgIpc) is 2.83. The van der Waals surface area contributed by atoms with Crippen LogP contribution >= 0.6 is 0 Å². The summed E-state index contributed by atoms with van der Waals surface area (Å²) < 4.78 is 9.94. The van der Waals surface area contributed by atoms with E-state index in [0.717, 1.165) is 5.56 Å². The number of alkyl carbamates (subject to hydrolysis) is 1. The highest BCUT2D eigenvalue weighted by molar-refractivity contribution is 5.93. The number of nitrogens with zero attached hydrogens (tertiary/aromatic N) is 1. The number of phenolic OH excluding ortho intramolecular Hbond substituents is 1. The van der Waals surface area contributed by atoms with Gasteiger partial charge in [-0.05, 0) is 51.0 Å². The molecule has 2 unspecified atom stereocenters.